The largest absolute Gasteiger partial charge is 1.00 e. The molecule has 2 fully saturated rings. The molecule has 0 saturated carbocycles. The molecule has 2 aliphatic rings. The average Bonchev–Trinajstić information content (AvgIpc) is 2.43. The Morgan fingerprint density at radius 1 is 1.48 bits per heavy atom. The second-order valence-electron chi connectivity index (χ2n) is 5.07. The van der Waals surface area contributed by atoms with E-state index in [4.69, 9.17) is 0 Å². The van der Waals surface area contributed by atoms with Gasteiger partial charge in [-0.1, -0.05) is 0 Å². The minimum absolute atomic E-state index is 0. The van der Waals surface area contributed by atoms with Gasteiger partial charge in [0.05, 0.1) is 18.4 Å². The minimum atomic E-state index is -3.88. The van der Waals surface area contributed by atoms with Crippen LogP contribution in [0.1, 0.15) is 20.3 Å². The first-order valence-corrected chi connectivity index (χ1v) is 7.42. The van der Waals surface area contributed by atoms with Gasteiger partial charge in [-0.2, -0.15) is 0 Å². The van der Waals surface area contributed by atoms with Crippen LogP contribution in [0, 0.1) is 0 Å². The van der Waals surface area contributed by atoms with E-state index in [1.165, 1.54) is 13.8 Å². The number of hydrogen-bond donors (Lipinski definition) is 2. The number of nitrogens with zero attached hydrogens (tertiary/aromatic N) is 1. The molecule has 2 aliphatic heterocycles. The Morgan fingerprint density at radius 2 is 2.05 bits per heavy atom. The van der Waals surface area contributed by atoms with Crippen LogP contribution in [-0.2, 0) is 24.2 Å². The number of hydrazine groups is 1. The number of amides is 2. The number of carbonyl (C=O) groups excluding carboxylic acids is 3. The van der Waals surface area contributed by atoms with E-state index in [2.05, 4.69) is 10.9 Å². The van der Waals surface area contributed by atoms with Crippen molar-refractivity contribution in [3.05, 3.63) is 0 Å². The number of hydrogen-bond acceptors (Lipinski definition) is 7. The fraction of sp³-hybridized carbons (Fsp3) is 0.700. The normalized spacial score (nSPS) is 32.7. The van der Waals surface area contributed by atoms with Gasteiger partial charge in [0.15, 0.2) is 9.84 Å². The fourth-order valence-electron chi connectivity index (χ4n) is 2.64. The third kappa shape index (κ3) is 2.59. The SMILES string of the molecule is CC(=O)NNC[C@@]1(C)[C@H](C(=O)[O-])N2C(=O)C[C@H]2S1(=O)=O.[Na+]. The van der Waals surface area contributed by atoms with E-state index in [0.717, 1.165) is 4.90 Å². The molecule has 0 aromatic heterocycles. The molecule has 21 heavy (non-hydrogen) atoms. The number of aliphatic carboxylic acids is 1. The van der Waals surface area contributed by atoms with Crippen LogP contribution < -0.4 is 45.5 Å². The number of sulfone groups is 1. The molecule has 0 spiro atoms. The molecule has 11 heteroatoms. The number of carboxylic acid groups (broad SMARTS) is 1. The van der Waals surface area contributed by atoms with E-state index >= 15 is 0 Å². The van der Waals surface area contributed by atoms with Gasteiger partial charge in [-0.05, 0) is 6.92 Å². The van der Waals surface area contributed by atoms with Crippen molar-refractivity contribution in [1.29, 1.82) is 0 Å². The molecule has 0 bridgehead atoms. The van der Waals surface area contributed by atoms with E-state index in [0.29, 0.717) is 0 Å². The van der Waals surface area contributed by atoms with Gasteiger partial charge < -0.3 is 14.8 Å². The molecule has 3 atom stereocenters. The topological polar surface area (TPSA) is 136 Å². The van der Waals surface area contributed by atoms with Crippen molar-refractivity contribution in [3.63, 3.8) is 0 Å². The molecule has 2 heterocycles. The zero-order chi connectivity index (χ0) is 15.3. The number of nitrogens with one attached hydrogen (secondary N) is 2. The zero-order valence-electron chi connectivity index (χ0n) is 11.9. The number of carboxylic acids is 1. The number of fused-ring (bicyclic) bond motifs is 1. The summed E-state index contributed by atoms with van der Waals surface area (Å²) in [5.41, 5.74) is 4.57. The predicted molar refractivity (Wildman–Crippen MR) is 63.2 cm³/mol. The van der Waals surface area contributed by atoms with Crippen LogP contribution in [0.5, 0.6) is 0 Å². The van der Waals surface area contributed by atoms with Gasteiger partial charge in [0.2, 0.25) is 11.8 Å². The van der Waals surface area contributed by atoms with Gasteiger partial charge in [0.25, 0.3) is 0 Å². The molecule has 0 aromatic carbocycles. The summed E-state index contributed by atoms with van der Waals surface area (Å²) >= 11 is 0. The number of β-lactam (4-membered cyclic amide) rings is 1. The molecular formula is C10H14N3NaO6S. The third-order valence-electron chi connectivity index (χ3n) is 3.74. The minimum Gasteiger partial charge on any atom is -0.548 e. The first-order chi connectivity index (χ1) is 9.13. The van der Waals surface area contributed by atoms with Crippen molar-refractivity contribution in [3.8, 4) is 0 Å². The van der Waals surface area contributed by atoms with E-state index in [1.807, 2.05) is 0 Å². The van der Waals surface area contributed by atoms with Crippen LogP contribution in [0.3, 0.4) is 0 Å². The van der Waals surface area contributed by atoms with Gasteiger partial charge in [0.1, 0.15) is 10.1 Å². The van der Waals surface area contributed by atoms with Crippen molar-refractivity contribution >= 4 is 27.6 Å². The number of carbonyl (C=O) groups is 3. The number of rotatable bonds is 4. The average molecular weight is 327 g/mol. The summed E-state index contributed by atoms with van der Waals surface area (Å²) in [6.45, 7) is 2.10. The zero-order valence-corrected chi connectivity index (χ0v) is 14.7. The van der Waals surface area contributed by atoms with Gasteiger partial charge in [-0.25, -0.2) is 13.8 Å². The molecule has 0 aromatic rings. The van der Waals surface area contributed by atoms with Crippen LogP contribution >= 0.6 is 0 Å². The molecule has 0 aliphatic carbocycles. The second kappa shape index (κ2) is 5.84. The monoisotopic (exact) mass is 327 g/mol. The molecule has 2 rings (SSSR count). The van der Waals surface area contributed by atoms with E-state index in [-0.39, 0.29) is 42.5 Å². The standard InChI is InChI=1S/C10H15N3O6S.Na/c1-5(14)12-11-4-10(2)8(9(16)17)13-6(15)3-7(13)20(10,18)19;/h7-8,11H,3-4H2,1-2H3,(H,12,14)(H,16,17);/q;+1/p-1/t7-,8+,10+;/m1./s1. The molecule has 9 nitrogen and oxygen atoms in total. The molecule has 2 N–H and O–H groups in total. The Balaban J connectivity index is 0.00000220. The summed E-state index contributed by atoms with van der Waals surface area (Å²) in [4.78, 5) is 34.3. The summed E-state index contributed by atoms with van der Waals surface area (Å²) in [6, 6.07) is -1.57. The van der Waals surface area contributed by atoms with Crippen LogP contribution in [0.15, 0.2) is 0 Å². The second-order valence-corrected chi connectivity index (χ2v) is 7.64. The van der Waals surface area contributed by atoms with Crippen molar-refractivity contribution < 1.29 is 57.5 Å². The van der Waals surface area contributed by atoms with Crippen LogP contribution in [-0.4, -0.2) is 53.8 Å². The van der Waals surface area contributed by atoms with Crippen LogP contribution in [0.4, 0.5) is 0 Å². The van der Waals surface area contributed by atoms with E-state index in [1.54, 1.807) is 0 Å². The van der Waals surface area contributed by atoms with Gasteiger partial charge in [0, 0.05) is 13.5 Å². The summed E-state index contributed by atoms with van der Waals surface area (Å²) in [6.07, 6.45) is -0.220. The smallest absolute Gasteiger partial charge is 0.548 e. The summed E-state index contributed by atoms with van der Waals surface area (Å²) in [5, 5.41) is 10.1. The summed E-state index contributed by atoms with van der Waals surface area (Å²) in [7, 11) is -3.88. The van der Waals surface area contributed by atoms with Crippen molar-refractivity contribution in [2.24, 2.45) is 0 Å². The third-order valence-corrected chi connectivity index (χ3v) is 6.52. The van der Waals surface area contributed by atoms with Crippen molar-refractivity contribution in [2.45, 2.75) is 36.4 Å². The molecule has 112 valence electrons. The fourth-order valence-corrected chi connectivity index (χ4v) is 4.95. The Morgan fingerprint density at radius 3 is 2.48 bits per heavy atom. The molecule has 2 amide bonds. The maximum atomic E-state index is 12.4. The molecule has 2 saturated heterocycles. The van der Waals surface area contributed by atoms with Crippen molar-refractivity contribution in [2.75, 3.05) is 6.54 Å². The Bertz CT molecular complexity index is 594. The maximum absolute atomic E-state index is 12.4. The van der Waals surface area contributed by atoms with E-state index in [9.17, 15) is 27.9 Å². The van der Waals surface area contributed by atoms with Gasteiger partial charge >= 0.3 is 29.6 Å². The van der Waals surface area contributed by atoms with Gasteiger partial charge in [-0.15, -0.1) is 0 Å². The predicted octanol–water partition coefficient (Wildman–Crippen LogP) is -6.50. The summed E-state index contributed by atoms with van der Waals surface area (Å²) in [5.74, 6) is -2.61. The molecule has 0 unspecified atom stereocenters. The van der Waals surface area contributed by atoms with Gasteiger partial charge in [-0.3, -0.25) is 15.0 Å². The first kappa shape index (κ1) is 18.4. The Labute approximate surface area is 143 Å². The van der Waals surface area contributed by atoms with E-state index < -0.39 is 43.8 Å². The first-order valence-electron chi connectivity index (χ1n) is 5.88. The van der Waals surface area contributed by atoms with Crippen LogP contribution in [0.25, 0.3) is 0 Å². The quantitative estimate of drug-likeness (QED) is 0.298. The maximum Gasteiger partial charge on any atom is 1.00 e. The van der Waals surface area contributed by atoms with Crippen LogP contribution in [0.2, 0.25) is 0 Å². The molecule has 0 radical (unpaired) electrons. The molecular weight excluding hydrogens is 313 g/mol. The van der Waals surface area contributed by atoms with Crippen molar-refractivity contribution in [1.82, 2.24) is 15.8 Å². The summed E-state index contributed by atoms with van der Waals surface area (Å²) < 4.78 is 23.0. The Hall–Kier alpha value is -0.680. The Kier molecular flexibility index (Phi) is 5.11.